The second kappa shape index (κ2) is 5.51. The SMILES string of the molecule is Nc1ncc(S(=O)(=O)Nc2c(Cl)cc(F)cc2Br)cn1. The molecule has 0 aliphatic rings. The number of aromatic nitrogens is 2. The van der Waals surface area contributed by atoms with Crippen molar-refractivity contribution in [2.45, 2.75) is 4.90 Å². The predicted molar refractivity (Wildman–Crippen MR) is 76.4 cm³/mol. The second-order valence-corrected chi connectivity index (χ2v) is 6.57. The zero-order valence-electron chi connectivity index (χ0n) is 9.64. The highest BCUT2D eigenvalue weighted by Crippen LogP contribution is 2.33. The quantitative estimate of drug-likeness (QED) is 0.851. The normalized spacial score (nSPS) is 11.3. The number of rotatable bonds is 3. The molecule has 0 saturated carbocycles. The molecule has 0 aliphatic heterocycles. The van der Waals surface area contributed by atoms with E-state index in [9.17, 15) is 12.8 Å². The first-order valence-electron chi connectivity index (χ1n) is 5.04. The monoisotopic (exact) mass is 380 g/mol. The maximum Gasteiger partial charge on any atom is 0.265 e. The Bertz CT molecular complexity index is 731. The molecule has 0 amide bonds. The lowest BCUT2D eigenvalue weighted by Gasteiger charge is -2.11. The first kappa shape index (κ1) is 14.9. The van der Waals surface area contributed by atoms with Crippen molar-refractivity contribution in [3.63, 3.8) is 0 Å². The molecule has 0 bridgehead atoms. The molecule has 0 fully saturated rings. The van der Waals surface area contributed by atoms with Crippen molar-refractivity contribution in [3.8, 4) is 0 Å². The fourth-order valence-electron chi connectivity index (χ4n) is 1.30. The zero-order chi connectivity index (χ0) is 14.9. The number of benzene rings is 1. The molecular weight excluding hydrogens is 375 g/mol. The van der Waals surface area contributed by atoms with Crippen LogP contribution in [0.15, 0.2) is 33.9 Å². The van der Waals surface area contributed by atoms with E-state index in [0.717, 1.165) is 24.5 Å². The van der Waals surface area contributed by atoms with E-state index in [1.807, 2.05) is 0 Å². The Balaban J connectivity index is 2.41. The van der Waals surface area contributed by atoms with Crippen molar-refractivity contribution in [2.24, 2.45) is 0 Å². The lowest BCUT2D eigenvalue weighted by Crippen LogP contribution is -2.14. The molecule has 0 atom stereocenters. The minimum absolute atomic E-state index is 0.0184. The van der Waals surface area contributed by atoms with Gasteiger partial charge in [0.15, 0.2) is 0 Å². The first-order valence-corrected chi connectivity index (χ1v) is 7.70. The van der Waals surface area contributed by atoms with Gasteiger partial charge in [-0.05, 0) is 28.1 Å². The number of sulfonamides is 1. The third kappa shape index (κ3) is 3.17. The molecule has 0 unspecified atom stereocenters. The Morgan fingerprint density at radius 1 is 1.30 bits per heavy atom. The van der Waals surface area contributed by atoms with E-state index in [1.165, 1.54) is 0 Å². The summed E-state index contributed by atoms with van der Waals surface area (Å²) in [6.45, 7) is 0. The van der Waals surface area contributed by atoms with E-state index in [-0.39, 0.29) is 26.0 Å². The molecule has 1 aromatic carbocycles. The van der Waals surface area contributed by atoms with Gasteiger partial charge in [-0.15, -0.1) is 0 Å². The molecular formula is C10H7BrClFN4O2S. The smallest absolute Gasteiger partial charge is 0.265 e. The number of nitrogen functional groups attached to an aromatic ring is 1. The van der Waals surface area contributed by atoms with E-state index in [1.54, 1.807) is 0 Å². The van der Waals surface area contributed by atoms with E-state index in [0.29, 0.717) is 0 Å². The van der Waals surface area contributed by atoms with Crippen LogP contribution in [0.5, 0.6) is 0 Å². The molecule has 6 nitrogen and oxygen atoms in total. The molecule has 2 aromatic rings. The van der Waals surface area contributed by atoms with E-state index in [4.69, 9.17) is 17.3 Å². The van der Waals surface area contributed by atoms with Crippen molar-refractivity contribution in [3.05, 3.63) is 39.8 Å². The van der Waals surface area contributed by atoms with Gasteiger partial charge in [0.25, 0.3) is 10.0 Å². The third-order valence-electron chi connectivity index (χ3n) is 2.20. The molecule has 0 saturated heterocycles. The molecule has 1 heterocycles. The number of nitrogens with two attached hydrogens (primary N) is 1. The highest BCUT2D eigenvalue weighted by atomic mass is 79.9. The maximum atomic E-state index is 13.1. The molecule has 106 valence electrons. The number of anilines is 2. The van der Waals surface area contributed by atoms with Gasteiger partial charge in [0.05, 0.1) is 23.1 Å². The lowest BCUT2D eigenvalue weighted by atomic mass is 10.3. The summed E-state index contributed by atoms with van der Waals surface area (Å²) in [5.74, 6) is -0.648. The van der Waals surface area contributed by atoms with Gasteiger partial charge in [-0.25, -0.2) is 22.8 Å². The molecule has 3 N–H and O–H groups in total. The number of hydrogen-bond donors (Lipinski definition) is 2. The summed E-state index contributed by atoms with van der Waals surface area (Å²) in [6, 6.07) is 2.08. The van der Waals surface area contributed by atoms with Crippen LogP contribution in [0.1, 0.15) is 0 Å². The van der Waals surface area contributed by atoms with Crippen molar-refractivity contribution < 1.29 is 12.8 Å². The minimum Gasteiger partial charge on any atom is -0.368 e. The van der Waals surface area contributed by atoms with Crippen LogP contribution in [0.4, 0.5) is 16.0 Å². The largest absolute Gasteiger partial charge is 0.368 e. The fourth-order valence-corrected chi connectivity index (χ4v) is 3.37. The first-order chi connectivity index (χ1) is 9.29. The summed E-state index contributed by atoms with van der Waals surface area (Å²) in [5, 5.41) is -0.0863. The number of nitrogens with zero attached hydrogens (tertiary/aromatic N) is 2. The highest BCUT2D eigenvalue weighted by molar-refractivity contribution is 9.10. The zero-order valence-corrected chi connectivity index (χ0v) is 12.8. The van der Waals surface area contributed by atoms with Gasteiger partial charge in [-0.3, -0.25) is 4.72 Å². The van der Waals surface area contributed by atoms with E-state index in [2.05, 4.69) is 30.6 Å². The Hall–Kier alpha value is -1.45. The molecule has 2 rings (SSSR count). The Labute approximate surface area is 127 Å². The molecule has 10 heteroatoms. The Morgan fingerprint density at radius 3 is 2.45 bits per heavy atom. The highest BCUT2D eigenvalue weighted by Gasteiger charge is 2.19. The average molecular weight is 382 g/mol. The van der Waals surface area contributed by atoms with Crippen molar-refractivity contribution in [2.75, 3.05) is 10.5 Å². The van der Waals surface area contributed by atoms with E-state index >= 15 is 0 Å². The van der Waals surface area contributed by atoms with Crippen molar-refractivity contribution in [1.29, 1.82) is 0 Å². The summed E-state index contributed by atoms with van der Waals surface area (Å²) in [5.41, 5.74) is 5.30. The number of nitrogens with one attached hydrogen (secondary N) is 1. The van der Waals surface area contributed by atoms with Gasteiger partial charge < -0.3 is 5.73 Å². The summed E-state index contributed by atoms with van der Waals surface area (Å²) in [6.07, 6.45) is 2.10. The Morgan fingerprint density at radius 2 is 1.90 bits per heavy atom. The minimum atomic E-state index is -3.96. The van der Waals surface area contributed by atoms with Crippen LogP contribution < -0.4 is 10.5 Å². The summed E-state index contributed by atoms with van der Waals surface area (Å²) >= 11 is 8.84. The van der Waals surface area contributed by atoms with Gasteiger partial charge in [0, 0.05) is 4.47 Å². The molecule has 1 aromatic heterocycles. The molecule has 0 spiro atoms. The Kier molecular flexibility index (Phi) is 4.11. The second-order valence-electron chi connectivity index (χ2n) is 3.63. The fraction of sp³-hybridized carbons (Fsp3) is 0. The average Bonchev–Trinajstić information content (AvgIpc) is 2.34. The maximum absolute atomic E-state index is 13.1. The van der Waals surface area contributed by atoms with Crippen LogP contribution in [-0.2, 0) is 10.0 Å². The van der Waals surface area contributed by atoms with Crippen LogP contribution in [0.3, 0.4) is 0 Å². The van der Waals surface area contributed by atoms with Gasteiger partial charge >= 0.3 is 0 Å². The van der Waals surface area contributed by atoms with Gasteiger partial charge in [-0.2, -0.15) is 0 Å². The van der Waals surface area contributed by atoms with Crippen molar-refractivity contribution in [1.82, 2.24) is 9.97 Å². The van der Waals surface area contributed by atoms with Crippen LogP contribution in [0.25, 0.3) is 0 Å². The molecule has 0 radical (unpaired) electrons. The van der Waals surface area contributed by atoms with Crippen LogP contribution in [0.2, 0.25) is 5.02 Å². The van der Waals surface area contributed by atoms with Gasteiger partial charge in [0.2, 0.25) is 5.95 Å². The van der Waals surface area contributed by atoms with Crippen LogP contribution in [-0.4, -0.2) is 18.4 Å². The summed E-state index contributed by atoms with van der Waals surface area (Å²) in [7, 11) is -3.96. The third-order valence-corrected chi connectivity index (χ3v) is 4.43. The predicted octanol–water partition coefficient (Wildman–Crippen LogP) is 2.41. The summed E-state index contributed by atoms with van der Waals surface area (Å²) in [4.78, 5) is 6.98. The van der Waals surface area contributed by atoms with Crippen molar-refractivity contribution >= 4 is 49.2 Å². The van der Waals surface area contributed by atoms with Crippen LogP contribution >= 0.6 is 27.5 Å². The standard InChI is InChI=1S/C10H7BrClFN4O2S/c11-7-1-5(13)2-8(12)9(7)17-20(18,19)6-3-15-10(14)16-4-6/h1-4,17H,(H2,14,15,16). The number of halogens is 3. The summed E-state index contributed by atoms with van der Waals surface area (Å²) < 4.78 is 39.7. The molecule has 0 aliphatic carbocycles. The lowest BCUT2D eigenvalue weighted by molar-refractivity contribution is 0.600. The van der Waals surface area contributed by atoms with Gasteiger partial charge in [0.1, 0.15) is 10.7 Å². The number of hydrogen-bond acceptors (Lipinski definition) is 5. The van der Waals surface area contributed by atoms with Gasteiger partial charge in [-0.1, -0.05) is 11.6 Å². The van der Waals surface area contributed by atoms with Crippen LogP contribution in [0, 0.1) is 5.82 Å². The topological polar surface area (TPSA) is 98.0 Å². The van der Waals surface area contributed by atoms with E-state index < -0.39 is 15.8 Å². The molecule has 20 heavy (non-hydrogen) atoms.